The van der Waals surface area contributed by atoms with Crippen molar-refractivity contribution >= 4 is 0 Å². The Morgan fingerprint density at radius 1 is 1.38 bits per heavy atom. The zero-order valence-electron chi connectivity index (χ0n) is 13.7. The molecule has 0 amide bonds. The highest BCUT2D eigenvalue weighted by Crippen LogP contribution is 2.31. The number of nitriles is 1. The molecule has 0 spiro atoms. The van der Waals surface area contributed by atoms with E-state index in [1.54, 1.807) is 0 Å². The molecule has 0 radical (unpaired) electrons. The van der Waals surface area contributed by atoms with Crippen molar-refractivity contribution in [2.45, 2.75) is 63.5 Å². The fraction of sp³-hybridized carbons (Fsp3) is 0.941. The van der Waals surface area contributed by atoms with Crippen LogP contribution in [0.5, 0.6) is 0 Å². The summed E-state index contributed by atoms with van der Waals surface area (Å²) in [5.41, 5.74) is -0.295. The first-order valence-corrected chi connectivity index (χ1v) is 8.63. The molecule has 2 fully saturated rings. The molecule has 4 nitrogen and oxygen atoms in total. The van der Waals surface area contributed by atoms with E-state index in [0.29, 0.717) is 12.0 Å². The van der Waals surface area contributed by atoms with Gasteiger partial charge in [0.15, 0.2) is 0 Å². The van der Waals surface area contributed by atoms with Gasteiger partial charge in [0.2, 0.25) is 0 Å². The molecule has 120 valence electrons. The van der Waals surface area contributed by atoms with Gasteiger partial charge in [0, 0.05) is 19.2 Å². The van der Waals surface area contributed by atoms with E-state index in [9.17, 15) is 5.26 Å². The average Bonchev–Trinajstić information content (AvgIpc) is 2.54. The molecule has 21 heavy (non-hydrogen) atoms. The minimum absolute atomic E-state index is 0.295. The normalized spacial score (nSPS) is 33.8. The molecular weight excluding hydrogens is 262 g/mol. The molecule has 3 atom stereocenters. The zero-order chi connectivity index (χ0) is 15.1. The summed E-state index contributed by atoms with van der Waals surface area (Å²) < 4.78 is 5.59. The molecule has 1 aliphatic carbocycles. The summed E-state index contributed by atoms with van der Waals surface area (Å²) in [4.78, 5) is 2.48. The zero-order valence-corrected chi connectivity index (χ0v) is 13.7. The van der Waals surface area contributed by atoms with Crippen LogP contribution in [-0.4, -0.2) is 49.8 Å². The number of rotatable bonds is 6. The molecule has 1 heterocycles. The maximum Gasteiger partial charge on any atom is 0.108 e. The van der Waals surface area contributed by atoms with Crippen LogP contribution in [0.4, 0.5) is 0 Å². The summed E-state index contributed by atoms with van der Waals surface area (Å²) in [5.74, 6) is 0.672. The lowest BCUT2D eigenvalue weighted by atomic mass is 9.79. The average molecular weight is 293 g/mol. The number of nitrogens with zero attached hydrogens (tertiary/aromatic N) is 2. The molecule has 2 rings (SSSR count). The molecule has 3 unspecified atom stereocenters. The number of ether oxygens (including phenoxy) is 1. The second kappa shape index (κ2) is 8.12. The SMILES string of the molecule is CCCNC1(C#N)CCCC(N(C)CC2CCCOC2)C1. The Morgan fingerprint density at radius 3 is 2.90 bits per heavy atom. The van der Waals surface area contributed by atoms with Crippen molar-refractivity contribution in [3.63, 3.8) is 0 Å². The Morgan fingerprint density at radius 2 is 2.24 bits per heavy atom. The molecule has 0 aromatic carbocycles. The highest BCUT2D eigenvalue weighted by Gasteiger charge is 2.37. The molecule has 1 saturated carbocycles. The predicted molar refractivity (Wildman–Crippen MR) is 85.1 cm³/mol. The van der Waals surface area contributed by atoms with Crippen LogP contribution >= 0.6 is 0 Å². The third-order valence-electron chi connectivity index (χ3n) is 5.08. The summed E-state index contributed by atoms with van der Waals surface area (Å²) in [6.45, 7) is 6.06. The van der Waals surface area contributed by atoms with Crippen molar-refractivity contribution in [3.8, 4) is 6.07 Å². The van der Waals surface area contributed by atoms with Gasteiger partial charge >= 0.3 is 0 Å². The van der Waals surface area contributed by atoms with Crippen LogP contribution in [-0.2, 0) is 4.74 Å². The van der Waals surface area contributed by atoms with E-state index in [0.717, 1.165) is 52.0 Å². The van der Waals surface area contributed by atoms with Crippen molar-refractivity contribution in [2.24, 2.45) is 5.92 Å². The van der Waals surface area contributed by atoms with Gasteiger partial charge in [-0.2, -0.15) is 5.26 Å². The highest BCUT2D eigenvalue weighted by molar-refractivity contribution is 5.11. The minimum atomic E-state index is -0.295. The largest absolute Gasteiger partial charge is 0.381 e. The Balaban J connectivity index is 1.88. The van der Waals surface area contributed by atoms with E-state index in [-0.39, 0.29) is 5.54 Å². The Kier molecular flexibility index (Phi) is 6.47. The predicted octanol–water partition coefficient (Wildman–Crippen LogP) is 2.55. The molecule has 1 saturated heterocycles. The van der Waals surface area contributed by atoms with Crippen molar-refractivity contribution in [2.75, 3.05) is 33.4 Å². The number of hydrogen-bond acceptors (Lipinski definition) is 4. The first-order chi connectivity index (χ1) is 10.2. The lowest BCUT2D eigenvalue weighted by molar-refractivity contribution is 0.0298. The summed E-state index contributed by atoms with van der Waals surface area (Å²) in [5, 5.41) is 13.1. The van der Waals surface area contributed by atoms with Crippen LogP contribution in [0, 0.1) is 17.2 Å². The van der Waals surface area contributed by atoms with Gasteiger partial charge < -0.3 is 9.64 Å². The second-order valence-electron chi connectivity index (χ2n) is 6.89. The van der Waals surface area contributed by atoms with Gasteiger partial charge in [-0.15, -0.1) is 0 Å². The minimum Gasteiger partial charge on any atom is -0.381 e. The Bertz CT molecular complexity index is 348. The van der Waals surface area contributed by atoms with E-state index in [2.05, 4.69) is 30.3 Å². The van der Waals surface area contributed by atoms with Crippen molar-refractivity contribution in [1.29, 1.82) is 5.26 Å². The van der Waals surface area contributed by atoms with Crippen LogP contribution in [0.3, 0.4) is 0 Å². The van der Waals surface area contributed by atoms with Gasteiger partial charge in [0.1, 0.15) is 5.54 Å². The second-order valence-corrected chi connectivity index (χ2v) is 6.89. The van der Waals surface area contributed by atoms with E-state index >= 15 is 0 Å². The van der Waals surface area contributed by atoms with Crippen LogP contribution in [0.2, 0.25) is 0 Å². The standard InChI is InChI=1S/C17H31N3O/c1-3-9-19-17(14-18)8-4-7-16(11-17)20(2)12-15-6-5-10-21-13-15/h15-16,19H,3-13H2,1-2H3. The molecule has 4 heteroatoms. The van der Waals surface area contributed by atoms with E-state index in [4.69, 9.17) is 4.74 Å². The molecule has 1 aliphatic heterocycles. The highest BCUT2D eigenvalue weighted by atomic mass is 16.5. The Labute approximate surface area is 129 Å². The summed E-state index contributed by atoms with van der Waals surface area (Å²) in [7, 11) is 2.23. The van der Waals surface area contributed by atoms with Gasteiger partial charge in [-0.1, -0.05) is 6.92 Å². The van der Waals surface area contributed by atoms with Gasteiger partial charge in [-0.3, -0.25) is 5.32 Å². The number of nitrogens with one attached hydrogen (secondary N) is 1. The van der Waals surface area contributed by atoms with Gasteiger partial charge in [0.05, 0.1) is 12.7 Å². The van der Waals surface area contributed by atoms with Crippen LogP contribution in [0.25, 0.3) is 0 Å². The van der Waals surface area contributed by atoms with Crippen molar-refractivity contribution < 1.29 is 4.74 Å². The molecule has 0 bridgehead atoms. The first-order valence-electron chi connectivity index (χ1n) is 8.63. The lowest BCUT2D eigenvalue weighted by Gasteiger charge is -2.41. The third kappa shape index (κ3) is 4.67. The van der Waals surface area contributed by atoms with E-state index < -0.39 is 0 Å². The summed E-state index contributed by atoms with van der Waals surface area (Å²) in [6, 6.07) is 3.11. The smallest absolute Gasteiger partial charge is 0.108 e. The van der Waals surface area contributed by atoms with E-state index in [1.165, 1.54) is 19.3 Å². The fourth-order valence-corrected chi connectivity index (χ4v) is 3.80. The molecular formula is C17H31N3O. The summed E-state index contributed by atoms with van der Waals surface area (Å²) >= 11 is 0. The lowest BCUT2D eigenvalue weighted by Crippen LogP contribution is -2.53. The summed E-state index contributed by atoms with van der Waals surface area (Å²) in [6.07, 6.45) is 7.91. The molecule has 2 aliphatic rings. The first kappa shape index (κ1) is 16.7. The maximum absolute atomic E-state index is 9.64. The molecule has 1 N–H and O–H groups in total. The molecule has 0 aromatic rings. The third-order valence-corrected chi connectivity index (χ3v) is 5.08. The fourth-order valence-electron chi connectivity index (χ4n) is 3.80. The van der Waals surface area contributed by atoms with Crippen molar-refractivity contribution in [3.05, 3.63) is 0 Å². The van der Waals surface area contributed by atoms with E-state index in [1.807, 2.05) is 0 Å². The van der Waals surface area contributed by atoms with Crippen LogP contribution in [0.1, 0.15) is 51.9 Å². The monoisotopic (exact) mass is 293 g/mol. The molecule has 0 aromatic heterocycles. The van der Waals surface area contributed by atoms with Crippen LogP contribution in [0.15, 0.2) is 0 Å². The van der Waals surface area contributed by atoms with Gasteiger partial charge in [0.25, 0.3) is 0 Å². The number of hydrogen-bond donors (Lipinski definition) is 1. The maximum atomic E-state index is 9.64. The van der Waals surface area contributed by atoms with Gasteiger partial charge in [-0.05, 0) is 64.5 Å². The quantitative estimate of drug-likeness (QED) is 0.817. The Hall–Kier alpha value is -0.630. The van der Waals surface area contributed by atoms with Crippen molar-refractivity contribution in [1.82, 2.24) is 10.2 Å². The topological polar surface area (TPSA) is 48.3 Å². The van der Waals surface area contributed by atoms with Crippen LogP contribution < -0.4 is 5.32 Å². The van der Waals surface area contributed by atoms with Gasteiger partial charge in [-0.25, -0.2) is 0 Å².